The molecule has 0 bridgehead atoms. The largest absolute Gasteiger partial charge is 0.388 e. The number of rotatable bonds is 3. The van der Waals surface area contributed by atoms with Crippen molar-refractivity contribution in [2.45, 2.75) is 33.3 Å². The van der Waals surface area contributed by atoms with Crippen molar-refractivity contribution in [3.05, 3.63) is 52.3 Å². The molecule has 0 aliphatic heterocycles. The van der Waals surface area contributed by atoms with Gasteiger partial charge in [-0.2, -0.15) is 5.10 Å². The number of hydrogen-bond acceptors (Lipinski definition) is 2. The maximum atomic E-state index is 10.3. The number of aliphatic hydroxyl groups excluding tert-OH is 1. The molecule has 18 heavy (non-hydrogen) atoms. The van der Waals surface area contributed by atoms with Crippen LogP contribution in [-0.4, -0.2) is 14.9 Å². The summed E-state index contributed by atoms with van der Waals surface area (Å²) in [5.74, 6) is 0. The molecule has 1 heterocycles. The number of benzene rings is 1. The molecule has 0 fully saturated rings. The first-order valence-electron chi connectivity index (χ1n) is 6.21. The highest BCUT2D eigenvalue weighted by atomic mass is 16.3. The Kier molecular flexibility index (Phi) is 3.53. The van der Waals surface area contributed by atoms with E-state index in [4.69, 9.17) is 0 Å². The zero-order valence-electron chi connectivity index (χ0n) is 11.4. The molecule has 1 unspecified atom stereocenters. The third kappa shape index (κ3) is 2.62. The molecule has 0 amide bonds. The summed E-state index contributed by atoms with van der Waals surface area (Å²) in [5.41, 5.74) is 5.58. The highest BCUT2D eigenvalue weighted by Gasteiger charge is 2.14. The third-order valence-corrected chi connectivity index (χ3v) is 3.34. The van der Waals surface area contributed by atoms with E-state index in [1.165, 1.54) is 16.7 Å². The Morgan fingerprint density at radius 1 is 1.17 bits per heavy atom. The molecule has 96 valence electrons. The van der Waals surface area contributed by atoms with Gasteiger partial charge >= 0.3 is 0 Å². The summed E-state index contributed by atoms with van der Waals surface area (Å²) < 4.78 is 1.79. The summed E-state index contributed by atoms with van der Waals surface area (Å²) in [6, 6.07) is 6.40. The van der Waals surface area contributed by atoms with Crippen molar-refractivity contribution in [3.8, 4) is 0 Å². The summed E-state index contributed by atoms with van der Waals surface area (Å²) in [5, 5.41) is 14.5. The van der Waals surface area contributed by atoms with Gasteiger partial charge in [-0.3, -0.25) is 4.68 Å². The quantitative estimate of drug-likeness (QED) is 0.901. The van der Waals surface area contributed by atoms with Crippen LogP contribution in [-0.2, 0) is 13.5 Å². The van der Waals surface area contributed by atoms with Crippen molar-refractivity contribution in [1.82, 2.24) is 9.78 Å². The van der Waals surface area contributed by atoms with Crippen molar-refractivity contribution in [1.29, 1.82) is 0 Å². The van der Waals surface area contributed by atoms with Gasteiger partial charge in [0.15, 0.2) is 0 Å². The predicted octanol–water partition coefficient (Wildman–Crippen LogP) is 2.62. The minimum absolute atomic E-state index is 0.486. The monoisotopic (exact) mass is 244 g/mol. The average molecular weight is 244 g/mol. The van der Waals surface area contributed by atoms with E-state index in [9.17, 15) is 5.11 Å². The Balaban J connectivity index is 2.21. The minimum Gasteiger partial charge on any atom is -0.388 e. The first-order valence-corrected chi connectivity index (χ1v) is 6.21. The van der Waals surface area contributed by atoms with E-state index < -0.39 is 6.10 Å². The van der Waals surface area contributed by atoms with Crippen LogP contribution in [0, 0.1) is 20.8 Å². The van der Waals surface area contributed by atoms with Crippen LogP contribution in [0.5, 0.6) is 0 Å². The zero-order valence-corrected chi connectivity index (χ0v) is 11.4. The number of aryl methyl sites for hydroxylation is 3. The number of aromatic nitrogens is 2. The molecule has 0 radical (unpaired) electrons. The van der Waals surface area contributed by atoms with Crippen molar-refractivity contribution in [2.75, 3.05) is 0 Å². The Labute approximate surface area is 108 Å². The fourth-order valence-electron chi connectivity index (χ4n) is 2.36. The molecule has 2 rings (SSSR count). The van der Waals surface area contributed by atoms with Gasteiger partial charge in [0.05, 0.1) is 12.3 Å². The summed E-state index contributed by atoms with van der Waals surface area (Å²) in [6.07, 6.45) is 1.90. The lowest BCUT2D eigenvalue weighted by Gasteiger charge is -2.11. The average Bonchev–Trinajstić information content (AvgIpc) is 2.58. The molecule has 2 aromatic rings. The molecule has 1 aromatic carbocycles. The second kappa shape index (κ2) is 4.94. The van der Waals surface area contributed by atoms with Crippen LogP contribution < -0.4 is 0 Å². The van der Waals surface area contributed by atoms with Gasteiger partial charge in [0.25, 0.3) is 0 Å². The van der Waals surface area contributed by atoms with Gasteiger partial charge in [0.1, 0.15) is 0 Å². The summed E-state index contributed by atoms with van der Waals surface area (Å²) >= 11 is 0. The number of hydrogen-bond donors (Lipinski definition) is 1. The normalized spacial score (nSPS) is 12.7. The van der Waals surface area contributed by atoms with E-state index in [1.807, 2.05) is 14.0 Å². The molecule has 0 aliphatic rings. The van der Waals surface area contributed by atoms with Crippen LogP contribution in [0.25, 0.3) is 0 Å². The molecule has 0 saturated carbocycles. The van der Waals surface area contributed by atoms with Gasteiger partial charge in [0.2, 0.25) is 0 Å². The maximum Gasteiger partial charge on any atom is 0.0863 e. The molecule has 1 aromatic heterocycles. The smallest absolute Gasteiger partial charge is 0.0863 e. The van der Waals surface area contributed by atoms with E-state index in [0.29, 0.717) is 6.42 Å². The van der Waals surface area contributed by atoms with Crippen molar-refractivity contribution in [3.63, 3.8) is 0 Å². The van der Waals surface area contributed by atoms with Gasteiger partial charge < -0.3 is 5.11 Å². The second-order valence-electron chi connectivity index (χ2n) is 5.02. The molecule has 0 aliphatic carbocycles. The Bertz CT molecular complexity index is 537. The number of aliphatic hydroxyl groups is 1. The topological polar surface area (TPSA) is 38.1 Å². The highest BCUT2D eigenvalue weighted by molar-refractivity contribution is 5.30. The summed E-state index contributed by atoms with van der Waals surface area (Å²) in [7, 11) is 1.89. The summed E-state index contributed by atoms with van der Waals surface area (Å²) in [6.45, 7) is 6.14. The lowest BCUT2D eigenvalue weighted by atomic mass is 9.99. The minimum atomic E-state index is -0.486. The summed E-state index contributed by atoms with van der Waals surface area (Å²) in [4.78, 5) is 0. The lowest BCUT2D eigenvalue weighted by Crippen LogP contribution is -2.04. The Morgan fingerprint density at radius 3 is 2.28 bits per heavy atom. The maximum absolute atomic E-state index is 10.3. The van der Waals surface area contributed by atoms with Crippen LogP contribution in [0.2, 0.25) is 0 Å². The molecule has 1 N–H and O–H groups in total. The van der Waals surface area contributed by atoms with E-state index in [1.54, 1.807) is 10.9 Å². The van der Waals surface area contributed by atoms with Crippen LogP contribution in [0.3, 0.4) is 0 Å². The van der Waals surface area contributed by atoms with Gasteiger partial charge in [-0.15, -0.1) is 0 Å². The Morgan fingerprint density at radius 2 is 1.78 bits per heavy atom. The second-order valence-corrected chi connectivity index (χ2v) is 5.02. The van der Waals surface area contributed by atoms with Crippen LogP contribution >= 0.6 is 0 Å². The standard InChI is InChI=1S/C15H20N2O/c1-10-5-11(2)7-13(6-10)8-15(18)14-9-16-17(4)12(14)3/h5-7,9,15,18H,8H2,1-4H3. The van der Waals surface area contributed by atoms with Gasteiger partial charge in [0, 0.05) is 24.7 Å². The fraction of sp³-hybridized carbons (Fsp3) is 0.400. The van der Waals surface area contributed by atoms with Gasteiger partial charge in [-0.05, 0) is 26.3 Å². The molecule has 0 saturated heterocycles. The highest BCUT2D eigenvalue weighted by Crippen LogP contribution is 2.22. The Hall–Kier alpha value is -1.61. The van der Waals surface area contributed by atoms with E-state index in [-0.39, 0.29) is 0 Å². The first kappa shape index (κ1) is 12.8. The molecule has 1 atom stereocenters. The van der Waals surface area contributed by atoms with Crippen LogP contribution in [0.1, 0.15) is 34.1 Å². The SMILES string of the molecule is Cc1cc(C)cc(CC(O)c2cnn(C)c2C)c1. The molecular weight excluding hydrogens is 224 g/mol. The van der Waals surface area contributed by atoms with Crippen molar-refractivity contribution >= 4 is 0 Å². The zero-order chi connectivity index (χ0) is 13.3. The molecular formula is C15H20N2O. The van der Waals surface area contributed by atoms with E-state index >= 15 is 0 Å². The van der Waals surface area contributed by atoms with Gasteiger partial charge in [-0.1, -0.05) is 29.3 Å². The van der Waals surface area contributed by atoms with Crippen molar-refractivity contribution < 1.29 is 5.11 Å². The fourth-order valence-corrected chi connectivity index (χ4v) is 2.36. The van der Waals surface area contributed by atoms with Crippen molar-refractivity contribution in [2.24, 2.45) is 7.05 Å². The molecule has 3 nitrogen and oxygen atoms in total. The van der Waals surface area contributed by atoms with Gasteiger partial charge in [-0.25, -0.2) is 0 Å². The van der Waals surface area contributed by atoms with Crippen LogP contribution in [0.4, 0.5) is 0 Å². The lowest BCUT2D eigenvalue weighted by molar-refractivity contribution is 0.177. The number of nitrogens with zero attached hydrogens (tertiary/aromatic N) is 2. The first-order chi connectivity index (χ1) is 8.47. The molecule has 3 heteroatoms. The van der Waals surface area contributed by atoms with Crippen LogP contribution in [0.15, 0.2) is 24.4 Å². The third-order valence-electron chi connectivity index (χ3n) is 3.34. The van der Waals surface area contributed by atoms with E-state index in [0.717, 1.165) is 11.3 Å². The molecule has 0 spiro atoms. The van der Waals surface area contributed by atoms with E-state index in [2.05, 4.69) is 37.1 Å². The predicted molar refractivity (Wildman–Crippen MR) is 72.5 cm³/mol.